The first-order valence-electron chi connectivity index (χ1n) is 7.43. The van der Waals surface area contributed by atoms with E-state index in [1.807, 2.05) is 11.7 Å². The van der Waals surface area contributed by atoms with E-state index in [0.717, 1.165) is 25.2 Å². The van der Waals surface area contributed by atoms with Crippen LogP contribution in [0.1, 0.15) is 45.4 Å². The smallest absolute Gasteiger partial charge is 0.130 e. The molecule has 0 amide bonds. The van der Waals surface area contributed by atoms with E-state index in [2.05, 4.69) is 44.6 Å². The highest BCUT2D eigenvalue weighted by Crippen LogP contribution is 2.25. The summed E-state index contributed by atoms with van der Waals surface area (Å²) in [7, 11) is 2.03. The molecule has 0 fully saturated rings. The number of hydrogen-bond acceptors (Lipinski definition) is 3. The van der Waals surface area contributed by atoms with Gasteiger partial charge in [0.15, 0.2) is 0 Å². The molecule has 2 unspecified atom stereocenters. The van der Waals surface area contributed by atoms with E-state index in [1.165, 1.54) is 17.8 Å². The van der Waals surface area contributed by atoms with Crippen molar-refractivity contribution in [3.05, 3.63) is 11.3 Å². The maximum absolute atomic E-state index is 5.98. The van der Waals surface area contributed by atoms with Crippen LogP contribution in [0.2, 0.25) is 0 Å². The fraction of sp³-hybridized carbons (Fsp3) is 0.800. The second kappa shape index (κ2) is 6.94. The van der Waals surface area contributed by atoms with E-state index in [0.29, 0.717) is 5.92 Å². The van der Waals surface area contributed by atoms with Crippen LogP contribution in [0.3, 0.4) is 0 Å². The molecular weight excluding hydrogens is 236 g/mol. The summed E-state index contributed by atoms with van der Waals surface area (Å²) in [6.45, 7) is 13.0. The van der Waals surface area contributed by atoms with Crippen LogP contribution in [-0.2, 0) is 13.5 Å². The Morgan fingerprint density at radius 1 is 1.32 bits per heavy atom. The molecule has 0 aliphatic heterocycles. The highest BCUT2D eigenvalue weighted by molar-refractivity contribution is 5.50. The van der Waals surface area contributed by atoms with E-state index >= 15 is 0 Å². The number of rotatable bonds is 7. The fourth-order valence-electron chi connectivity index (χ4n) is 2.52. The Hall–Kier alpha value is -1.03. The SMILES string of the molecule is CCC(C)CN(CC)c1c(CC(C)N)c(C)nn1C. The van der Waals surface area contributed by atoms with Crippen molar-refractivity contribution in [2.24, 2.45) is 18.7 Å². The minimum atomic E-state index is 0.170. The molecule has 0 bridgehead atoms. The summed E-state index contributed by atoms with van der Waals surface area (Å²) in [5.74, 6) is 1.94. The van der Waals surface area contributed by atoms with Crippen LogP contribution in [0.15, 0.2) is 0 Å². The van der Waals surface area contributed by atoms with Crippen molar-refractivity contribution in [3.63, 3.8) is 0 Å². The second-order valence-corrected chi connectivity index (χ2v) is 5.74. The monoisotopic (exact) mass is 266 g/mol. The number of nitrogens with zero attached hydrogens (tertiary/aromatic N) is 3. The van der Waals surface area contributed by atoms with Gasteiger partial charge in [-0.05, 0) is 33.1 Å². The molecule has 0 aliphatic rings. The van der Waals surface area contributed by atoms with Crippen molar-refractivity contribution in [2.75, 3.05) is 18.0 Å². The van der Waals surface area contributed by atoms with Crippen LogP contribution in [0.5, 0.6) is 0 Å². The van der Waals surface area contributed by atoms with Crippen molar-refractivity contribution in [2.45, 2.75) is 53.5 Å². The van der Waals surface area contributed by atoms with Gasteiger partial charge in [0, 0.05) is 31.7 Å². The van der Waals surface area contributed by atoms with Gasteiger partial charge >= 0.3 is 0 Å². The molecule has 0 aliphatic carbocycles. The summed E-state index contributed by atoms with van der Waals surface area (Å²) in [6, 6.07) is 0.170. The van der Waals surface area contributed by atoms with E-state index < -0.39 is 0 Å². The molecule has 0 spiro atoms. The molecule has 0 aromatic carbocycles. The lowest BCUT2D eigenvalue weighted by molar-refractivity contribution is 0.537. The number of nitrogens with two attached hydrogens (primary N) is 1. The van der Waals surface area contributed by atoms with Gasteiger partial charge in [-0.15, -0.1) is 0 Å². The topological polar surface area (TPSA) is 47.1 Å². The molecule has 19 heavy (non-hydrogen) atoms. The third-order valence-corrected chi connectivity index (χ3v) is 3.75. The van der Waals surface area contributed by atoms with Gasteiger partial charge in [0.25, 0.3) is 0 Å². The molecule has 0 radical (unpaired) electrons. The first-order valence-corrected chi connectivity index (χ1v) is 7.43. The van der Waals surface area contributed by atoms with Crippen molar-refractivity contribution in [1.82, 2.24) is 9.78 Å². The zero-order valence-corrected chi connectivity index (χ0v) is 13.4. The largest absolute Gasteiger partial charge is 0.357 e. The van der Waals surface area contributed by atoms with Gasteiger partial charge in [0.2, 0.25) is 0 Å². The fourth-order valence-corrected chi connectivity index (χ4v) is 2.52. The van der Waals surface area contributed by atoms with Crippen LogP contribution in [0.25, 0.3) is 0 Å². The van der Waals surface area contributed by atoms with E-state index in [1.54, 1.807) is 0 Å². The summed E-state index contributed by atoms with van der Waals surface area (Å²) in [4.78, 5) is 2.44. The maximum atomic E-state index is 5.98. The molecule has 1 heterocycles. The van der Waals surface area contributed by atoms with Crippen LogP contribution < -0.4 is 10.6 Å². The summed E-state index contributed by atoms with van der Waals surface area (Å²) < 4.78 is 2.01. The summed E-state index contributed by atoms with van der Waals surface area (Å²) in [5.41, 5.74) is 8.40. The Morgan fingerprint density at radius 3 is 2.42 bits per heavy atom. The van der Waals surface area contributed by atoms with Gasteiger partial charge in [0.1, 0.15) is 5.82 Å². The lowest BCUT2D eigenvalue weighted by Crippen LogP contribution is -2.31. The van der Waals surface area contributed by atoms with Gasteiger partial charge in [-0.25, -0.2) is 0 Å². The first kappa shape index (κ1) is 16.0. The van der Waals surface area contributed by atoms with Crippen molar-refractivity contribution < 1.29 is 0 Å². The molecule has 2 atom stereocenters. The van der Waals surface area contributed by atoms with Gasteiger partial charge in [0.05, 0.1) is 5.69 Å². The molecule has 4 heteroatoms. The maximum Gasteiger partial charge on any atom is 0.130 e. The molecule has 4 nitrogen and oxygen atoms in total. The number of aryl methyl sites for hydroxylation is 2. The Bertz CT molecular complexity index is 395. The van der Waals surface area contributed by atoms with Gasteiger partial charge in [-0.2, -0.15) is 5.10 Å². The zero-order valence-electron chi connectivity index (χ0n) is 13.4. The Morgan fingerprint density at radius 2 is 1.95 bits per heavy atom. The molecule has 1 rings (SSSR count). The van der Waals surface area contributed by atoms with Crippen molar-refractivity contribution >= 4 is 5.82 Å². The average Bonchev–Trinajstić information content (AvgIpc) is 2.61. The lowest BCUT2D eigenvalue weighted by atomic mass is 10.1. The minimum absolute atomic E-state index is 0.170. The standard InChI is InChI=1S/C15H30N4/c1-7-11(3)10-19(8-2)15-14(9-12(4)16)13(5)17-18(15)6/h11-12H,7-10,16H2,1-6H3. The predicted molar refractivity (Wildman–Crippen MR) is 82.6 cm³/mol. The third-order valence-electron chi connectivity index (χ3n) is 3.75. The average molecular weight is 266 g/mol. The molecular formula is C15H30N4. The quantitative estimate of drug-likeness (QED) is 0.825. The lowest BCUT2D eigenvalue weighted by Gasteiger charge is -2.27. The second-order valence-electron chi connectivity index (χ2n) is 5.74. The van der Waals surface area contributed by atoms with Crippen LogP contribution in [0.4, 0.5) is 5.82 Å². The van der Waals surface area contributed by atoms with Crippen LogP contribution in [-0.4, -0.2) is 28.9 Å². The molecule has 1 aromatic heterocycles. The Kier molecular flexibility index (Phi) is 5.85. The number of aromatic nitrogens is 2. The summed E-state index contributed by atoms with van der Waals surface area (Å²) in [5, 5.41) is 4.59. The van der Waals surface area contributed by atoms with Gasteiger partial charge in [-0.1, -0.05) is 20.3 Å². The number of hydrogen-bond donors (Lipinski definition) is 1. The third kappa shape index (κ3) is 3.96. The summed E-state index contributed by atoms with van der Waals surface area (Å²) in [6.07, 6.45) is 2.10. The van der Waals surface area contributed by atoms with E-state index in [-0.39, 0.29) is 6.04 Å². The molecule has 110 valence electrons. The molecule has 2 N–H and O–H groups in total. The molecule has 0 saturated carbocycles. The van der Waals surface area contributed by atoms with Crippen molar-refractivity contribution in [3.8, 4) is 0 Å². The minimum Gasteiger partial charge on any atom is -0.357 e. The van der Waals surface area contributed by atoms with Crippen LogP contribution in [0, 0.1) is 12.8 Å². The summed E-state index contributed by atoms with van der Waals surface area (Å²) >= 11 is 0. The van der Waals surface area contributed by atoms with Crippen LogP contribution >= 0.6 is 0 Å². The highest BCUT2D eigenvalue weighted by atomic mass is 15.4. The van der Waals surface area contributed by atoms with Gasteiger partial charge < -0.3 is 10.6 Å². The molecule has 1 aromatic rings. The Labute approximate surface area is 118 Å². The van der Waals surface area contributed by atoms with E-state index in [4.69, 9.17) is 5.73 Å². The first-order chi connectivity index (χ1) is 8.90. The molecule has 0 saturated heterocycles. The zero-order chi connectivity index (χ0) is 14.6. The predicted octanol–water partition coefficient (Wildman–Crippen LogP) is 2.49. The van der Waals surface area contributed by atoms with E-state index in [9.17, 15) is 0 Å². The highest BCUT2D eigenvalue weighted by Gasteiger charge is 2.20. The normalized spacial score (nSPS) is 14.5. The van der Waals surface area contributed by atoms with Gasteiger partial charge in [-0.3, -0.25) is 4.68 Å². The van der Waals surface area contributed by atoms with Crippen molar-refractivity contribution in [1.29, 1.82) is 0 Å². The Balaban J connectivity index is 3.07. The number of anilines is 1.